The Balaban J connectivity index is 1.78. The third kappa shape index (κ3) is 4.97. The maximum atomic E-state index is 16.0. The molecule has 2 fully saturated rings. The van der Waals surface area contributed by atoms with Crippen molar-refractivity contribution < 1.29 is 13.6 Å². The van der Waals surface area contributed by atoms with E-state index < -0.39 is 28.5 Å². The van der Waals surface area contributed by atoms with Gasteiger partial charge in [-0.05, 0) is 51.6 Å². The third-order valence-electron chi connectivity index (χ3n) is 8.19. The monoisotopic (exact) mass is 615 g/mol. The number of nitrogens with zero attached hydrogens (tertiary/aromatic N) is 6. The summed E-state index contributed by atoms with van der Waals surface area (Å²) in [5.74, 6) is -2.17. The van der Waals surface area contributed by atoms with Gasteiger partial charge < -0.3 is 20.4 Å². The molecular weight excluding hydrogens is 587 g/mol. The molecule has 2 atom stereocenters. The number of hydrogen-bond acceptors (Lipinski definition) is 7. The molecule has 9 nitrogen and oxygen atoms in total. The normalized spacial score (nSPS) is 19.4. The van der Waals surface area contributed by atoms with E-state index in [1.807, 2.05) is 20.0 Å². The van der Waals surface area contributed by atoms with Gasteiger partial charge in [0.1, 0.15) is 23.0 Å². The zero-order valence-electron chi connectivity index (χ0n) is 23.1. The van der Waals surface area contributed by atoms with Crippen LogP contribution in [0.25, 0.3) is 22.3 Å². The number of hydrogen-bond donors (Lipinski definition) is 1. The van der Waals surface area contributed by atoms with Gasteiger partial charge in [-0.1, -0.05) is 29.8 Å². The van der Waals surface area contributed by atoms with Gasteiger partial charge in [0.05, 0.1) is 27.0 Å². The predicted molar refractivity (Wildman–Crippen MR) is 160 cm³/mol. The minimum atomic E-state index is -1.00. The summed E-state index contributed by atoms with van der Waals surface area (Å²) in [7, 11) is 1.94. The molecule has 0 bridgehead atoms. The van der Waals surface area contributed by atoms with Crippen molar-refractivity contribution in [2.24, 2.45) is 0 Å². The zero-order valence-corrected chi connectivity index (χ0v) is 24.6. The topological polar surface area (TPSA) is 111 Å². The molecule has 1 aromatic carbocycles. The maximum Gasteiger partial charge on any atom is 0.272 e. The van der Waals surface area contributed by atoms with Gasteiger partial charge in [0.25, 0.3) is 5.56 Å². The Kier molecular flexibility index (Phi) is 8.16. The minimum Gasteiger partial charge on any atom is -0.397 e. The second-order valence-corrected chi connectivity index (χ2v) is 11.5. The highest BCUT2D eigenvalue weighted by atomic mass is 35.5. The number of fused-ring (bicyclic) bond motifs is 1. The fraction of sp³-hybridized carbons (Fsp3) is 0.379. The fourth-order valence-electron chi connectivity index (χ4n) is 5.97. The molecule has 0 unspecified atom stereocenters. The van der Waals surface area contributed by atoms with E-state index in [2.05, 4.69) is 16.5 Å². The van der Waals surface area contributed by atoms with E-state index in [1.165, 1.54) is 10.6 Å². The minimum absolute atomic E-state index is 0.0329. The number of aromatic nitrogens is 2. The van der Waals surface area contributed by atoms with Crippen molar-refractivity contribution in [1.29, 1.82) is 5.26 Å². The molecule has 5 rings (SSSR count). The van der Waals surface area contributed by atoms with Crippen molar-refractivity contribution in [2.75, 3.05) is 43.9 Å². The molecule has 2 saturated heterocycles. The van der Waals surface area contributed by atoms with Gasteiger partial charge in [-0.15, -0.1) is 0 Å². The largest absolute Gasteiger partial charge is 0.397 e. The molecule has 2 aromatic heterocycles. The van der Waals surface area contributed by atoms with Crippen LogP contribution in [0.1, 0.15) is 25.3 Å². The van der Waals surface area contributed by atoms with Crippen LogP contribution in [0, 0.1) is 23.0 Å². The number of nitrogen functional groups attached to an aromatic ring is 1. The average molecular weight is 617 g/mol. The Morgan fingerprint density at radius 3 is 2.62 bits per heavy atom. The van der Waals surface area contributed by atoms with Gasteiger partial charge in [0, 0.05) is 43.6 Å². The van der Waals surface area contributed by atoms with Crippen LogP contribution in [0.3, 0.4) is 0 Å². The summed E-state index contributed by atoms with van der Waals surface area (Å²) in [5, 5.41) is 9.98. The summed E-state index contributed by atoms with van der Waals surface area (Å²) >= 11 is 12.2. The molecule has 13 heteroatoms. The summed E-state index contributed by atoms with van der Waals surface area (Å²) in [6.07, 6.45) is 2.97. The Hall–Kier alpha value is -3.72. The number of rotatable bonds is 5. The number of nitriles is 1. The Labute approximate surface area is 251 Å². The molecular formula is C29H29Cl2F2N7O2. The van der Waals surface area contributed by atoms with E-state index in [9.17, 15) is 14.9 Å². The molecule has 42 heavy (non-hydrogen) atoms. The summed E-state index contributed by atoms with van der Waals surface area (Å²) in [6, 6.07) is 3.98. The van der Waals surface area contributed by atoms with Gasteiger partial charge >= 0.3 is 0 Å². The molecule has 2 aliphatic heterocycles. The number of nitrogens with two attached hydrogens (primary N) is 1. The van der Waals surface area contributed by atoms with Crippen molar-refractivity contribution in [2.45, 2.75) is 38.4 Å². The first-order valence-corrected chi connectivity index (χ1v) is 14.2. The lowest BCUT2D eigenvalue weighted by molar-refractivity contribution is -0.128. The second kappa shape index (κ2) is 11.5. The molecule has 0 aliphatic carbocycles. The predicted octanol–water partition coefficient (Wildman–Crippen LogP) is 4.42. The number of likely N-dealkylation sites (tertiary alicyclic amines) is 1. The van der Waals surface area contributed by atoms with E-state index in [-0.39, 0.29) is 75.6 Å². The first kappa shape index (κ1) is 29.8. The number of amides is 1. The van der Waals surface area contributed by atoms with E-state index in [4.69, 9.17) is 28.9 Å². The maximum absolute atomic E-state index is 16.0. The van der Waals surface area contributed by atoms with Crippen LogP contribution in [-0.2, 0) is 11.3 Å². The highest BCUT2D eigenvalue weighted by molar-refractivity contribution is 6.37. The van der Waals surface area contributed by atoms with E-state index in [1.54, 1.807) is 9.80 Å². The number of carbonyl (C=O) groups is 1. The number of anilines is 2. The van der Waals surface area contributed by atoms with Crippen molar-refractivity contribution in [3.8, 4) is 17.3 Å². The van der Waals surface area contributed by atoms with Crippen molar-refractivity contribution >= 4 is 51.5 Å². The van der Waals surface area contributed by atoms with Crippen LogP contribution in [0.5, 0.6) is 0 Å². The SMILES string of the molecule is C=CC(=O)N1CCN(c2c(C#N)c(=O)n(C[C@@H]3CCCN3C)c3nc(-c4c(N)c(Cl)cc(Cl)c4F)c(F)cc23)C[C@H]1C. The first-order chi connectivity index (χ1) is 20.0. The van der Waals surface area contributed by atoms with Crippen LogP contribution in [0.2, 0.25) is 10.0 Å². The second-order valence-electron chi connectivity index (χ2n) is 10.7. The average Bonchev–Trinajstić information content (AvgIpc) is 3.37. The molecule has 3 aromatic rings. The summed E-state index contributed by atoms with van der Waals surface area (Å²) in [6.45, 7) is 7.25. The molecule has 2 aliphatic rings. The molecule has 1 amide bonds. The molecule has 220 valence electrons. The summed E-state index contributed by atoms with van der Waals surface area (Å²) < 4.78 is 32.6. The van der Waals surface area contributed by atoms with Crippen molar-refractivity contribution in [3.05, 3.63) is 62.4 Å². The van der Waals surface area contributed by atoms with E-state index >= 15 is 8.78 Å². The van der Waals surface area contributed by atoms with Gasteiger partial charge in [-0.2, -0.15) is 5.26 Å². The third-order valence-corrected chi connectivity index (χ3v) is 8.77. The number of benzene rings is 1. The number of piperazine rings is 1. The number of likely N-dealkylation sites (N-methyl/N-ethyl adjacent to an activating group) is 1. The van der Waals surface area contributed by atoms with Crippen molar-refractivity contribution in [3.63, 3.8) is 0 Å². The van der Waals surface area contributed by atoms with Crippen LogP contribution in [0.4, 0.5) is 20.2 Å². The lowest BCUT2D eigenvalue weighted by atomic mass is 10.0. The van der Waals surface area contributed by atoms with E-state index in [0.717, 1.165) is 31.5 Å². The Morgan fingerprint density at radius 2 is 2.00 bits per heavy atom. The lowest BCUT2D eigenvalue weighted by Gasteiger charge is -2.41. The lowest BCUT2D eigenvalue weighted by Crippen LogP contribution is -2.54. The van der Waals surface area contributed by atoms with Crippen LogP contribution in [0.15, 0.2) is 29.6 Å². The quantitative estimate of drug-likeness (QED) is 0.257. The summed E-state index contributed by atoms with van der Waals surface area (Å²) in [5.41, 5.74) is 4.46. The van der Waals surface area contributed by atoms with Gasteiger partial charge in [-0.25, -0.2) is 13.8 Å². The van der Waals surface area contributed by atoms with Crippen LogP contribution in [-0.4, -0.2) is 70.6 Å². The summed E-state index contributed by atoms with van der Waals surface area (Å²) in [4.78, 5) is 36.4. The van der Waals surface area contributed by atoms with Gasteiger partial charge in [0.2, 0.25) is 5.91 Å². The Bertz CT molecular complexity index is 1700. The van der Waals surface area contributed by atoms with Gasteiger partial charge in [-0.3, -0.25) is 14.2 Å². The van der Waals surface area contributed by atoms with Crippen LogP contribution < -0.4 is 16.2 Å². The molecule has 0 saturated carbocycles. The van der Waals surface area contributed by atoms with Crippen LogP contribution >= 0.6 is 23.2 Å². The Morgan fingerprint density at radius 1 is 1.26 bits per heavy atom. The van der Waals surface area contributed by atoms with Crippen molar-refractivity contribution in [1.82, 2.24) is 19.4 Å². The highest BCUT2D eigenvalue weighted by Crippen LogP contribution is 2.40. The standard InChI is InChI=1S/C29H29Cl2F2N7O2/c1-4-22(41)39-9-8-38(13-15(39)2)27-17-10-21(32)26(23-24(33)19(30)11-20(31)25(23)35)36-28(17)40(29(42)18(27)12-34)14-16-6-5-7-37(16)3/h4,10-11,15-16H,1,5-9,13-14,35H2,2-3H3/t15-,16+/m1/s1. The fourth-order valence-corrected chi connectivity index (χ4v) is 6.43. The molecule has 4 heterocycles. The first-order valence-electron chi connectivity index (χ1n) is 13.5. The highest BCUT2D eigenvalue weighted by Gasteiger charge is 2.33. The number of carbonyl (C=O) groups excluding carboxylic acids is 1. The smallest absolute Gasteiger partial charge is 0.272 e. The number of pyridine rings is 2. The number of halogens is 4. The molecule has 2 N–H and O–H groups in total. The molecule has 0 spiro atoms. The van der Waals surface area contributed by atoms with Gasteiger partial charge in [0.15, 0.2) is 11.6 Å². The zero-order chi connectivity index (χ0) is 30.5. The molecule has 0 radical (unpaired) electrons. The van der Waals surface area contributed by atoms with E-state index in [0.29, 0.717) is 6.54 Å².